The SMILES string of the molecule is CC(=O)Nc1ccc(S(=O)(=O)N[C@@H](C)C(=O)N2CCN(c3ccc(Cl)cc3)CC2)cc1. The maximum Gasteiger partial charge on any atom is 0.241 e. The summed E-state index contributed by atoms with van der Waals surface area (Å²) < 4.78 is 27.7. The third-order valence-electron chi connectivity index (χ3n) is 4.97. The number of carbonyl (C=O) groups is 2. The van der Waals surface area contributed by atoms with Gasteiger partial charge in [0, 0.05) is 49.5 Å². The lowest BCUT2D eigenvalue weighted by Crippen LogP contribution is -2.54. The molecular weight excluding hydrogens is 440 g/mol. The number of anilines is 2. The number of nitrogens with one attached hydrogen (secondary N) is 2. The van der Waals surface area contributed by atoms with Crippen LogP contribution in [0.15, 0.2) is 53.4 Å². The number of halogens is 1. The lowest BCUT2D eigenvalue weighted by atomic mass is 10.2. The van der Waals surface area contributed by atoms with Crippen molar-refractivity contribution < 1.29 is 18.0 Å². The predicted octanol–water partition coefficient (Wildman–Crippen LogP) is 2.31. The van der Waals surface area contributed by atoms with E-state index in [0.29, 0.717) is 36.9 Å². The molecule has 1 heterocycles. The maximum atomic E-state index is 12.8. The van der Waals surface area contributed by atoms with Crippen LogP contribution in [0.3, 0.4) is 0 Å². The van der Waals surface area contributed by atoms with Crippen molar-refractivity contribution in [1.82, 2.24) is 9.62 Å². The van der Waals surface area contributed by atoms with Crippen molar-refractivity contribution >= 4 is 44.8 Å². The van der Waals surface area contributed by atoms with Gasteiger partial charge in [-0.1, -0.05) is 11.6 Å². The molecule has 0 bridgehead atoms. The molecular formula is C21H25ClN4O4S. The Hall–Kier alpha value is -2.62. The average molecular weight is 465 g/mol. The van der Waals surface area contributed by atoms with Gasteiger partial charge in [-0.15, -0.1) is 0 Å². The Morgan fingerprint density at radius 1 is 0.968 bits per heavy atom. The van der Waals surface area contributed by atoms with Gasteiger partial charge in [-0.25, -0.2) is 8.42 Å². The molecule has 2 aromatic rings. The first-order chi connectivity index (χ1) is 14.7. The Balaban J connectivity index is 1.57. The molecule has 0 unspecified atom stereocenters. The molecule has 3 rings (SSSR count). The summed E-state index contributed by atoms with van der Waals surface area (Å²) in [5.41, 5.74) is 1.53. The van der Waals surface area contributed by atoms with E-state index in [0.717, 1.165) is 5.69 Å². The highest BCUT2D eigenvalue weighted by molar-refractivity contribution is 7.89. The molecule has 2 N–H and O–H groups in total. The first kappa shape index (κ1) is 23.1. The van der Waals surface area contributed by atoms with Crippen LogP contribution in [0.25, 0.3) is 0 Å². The van der Waals surface area contributed by atoms with E-state index in [1.165, 1.54) is 38.1 Å². The monoisotopic (exact) mass is 464 g/mol. The van der Waals surface area contributed by atoms with Gasteiger partial charge in [0.2, 0.25) is 21.8 Å². The second-order valence-electron chi connectivity index (χ2n) is 7.34. The molecule has 1 saturated heterocycles. The van der Waals surface area contributed by atoms with E-state index < -0.39 is 16.1 Å². The van der Waals surface area contributed by atoms with Gasteiger partial charge in [0.05, 0.1) is 10.9 Å². The number of carbonyl (C=O) groups excluding carboxylic acids is 2. The number of nitrogens with zero attached hydrogens (tertiary/aromatic N) is 2. The van der Waals surface area contributed by atoms with Gasteiger partial charge in [-0.2, -0.15) is 4.72 Å². The second kappa shape index (κ2) is 9.67. The molecule has 0 radical (unpaired) electrons. The Kier molecular flexibility index (Phi) is 7.19. The average Bonchev–Trinajstić information content (AvgIpc) is 2.73. The standard InChI is InChI=1S/C21H25ClN4O4S/c1-15(24-31(29,30)20-9-5-18(6-10-20)23-16(2)27)21(28)26-13-11-25(12-14-26)19-7-3-17(22)4-8-19/h3-10,15,24H,11-14H2,1-2H3,(H,23,27)/t15-/m0/s1. The molecule has 1 aliphatic heterocycles. The second-order valence-corrected chi connectivity index (χ2v) is 9.49. The van der Waals surface area contributed by atoms with Crippen LogP contribution in [0.2, 0.25) is 5.02 Å². The van der Waals surface area contributed by atoms with Gasteiger partial charge < -0.3 is 15.1 Å². The van der Waals surface area contributed by atoms with E-state index in [-0.39, 0.29) is 16.7 Å². The largest absolute Gasteiger partial charge is 0.368 e. The molecule has 2 amide bonds. The minimum absolute atomic E-state index is 0.0220. The highest BCUT2D eigenvalue weighted by atomic mass is 35.5. The summed E-state index contributed by atoms with van der Waals surface area (Å²) in [7, 11) is -3.88. The van der Waals surface area contributed by atoms with Gasteiger partial charge in [0.1, 0.15) is 0 Å². The molecule has 166 valence electrons. The summed E-state index contributed by atoms with van der Waals surface area (Å²) in [6, 6.07) is 12.4. The summed E-state index contributed by atoms with van der Waals surface area (Å²) in [5, 5.41) is 3.25. The van der Waals surface area contributed by atoms with Gasteiger partial charge in [0.25, 0.3) is 0 Å². The Bertz CT molecular complexity index is 1030. The topological polar surface area (TPSA) is 98.8 Å². The minimum Gasteiger partial charge on any atom is -0.368 e. The van der Waals surface area contributed by atoms with Crippen LogP contribution in [-0.4, -0.2) is 57.4 Å². The smallest absolute Gasteiger partial charge is 0.241 e. The Labute approximate surface area is 187 Å². The van der Waals surface area contributed by atoms with Crippen molar-refractivity contribution in [2.24, 2.45) is 0 Å². The summed E-state index contributed by atoms with van der Waals surface area (Å²) >= 11 is 5.93. The number of hydrogen-bond acceptors (Lipinski definition) is 5. The van der Waals surface area contributed by atoms with Gasteiger partial charge in [0.15, 0.2) is 0 Å². The molecule has 1 fully saturated rings. The van der Waals surface area contributed by atoms with Crippen LogP contribution in [0.4, 0.5) is 11.4 Å². The van der Waals surface area contributed by atoms with E-state index in [4.69, 9.17) is 11.6 Å². The van der Waals surface area contributed by atoms with Crippen molar-refractivity contribution in [2.45, 2.75) is 24.8 Å². The third-order valence-corrected chi connectivity index (χ3v) is 6.78. The van der Waals surface area contributed by atoms with Gasteiger partial charge in [-0.3, -0.25) is 9.59 Å². The fraction of sp³-hybridized carbons (Fsp3) is 0.333. The van der Waals surface area contributed by atoms with E-state index >= 15 is 0 Å². The van der Waals surface area contributed by atoms with Crippen LogP contribution < -0.4 is 14.9 Å². The highest BCUT2D eigenvalue weighted by Gasteiger charge is 2.28. The van der Waals surface area contributed by atoms with Crippen LogP contribution in [-0.2, 0) is 19.6 Å². The number of benzene rings is 2. The van der Waals surface area contributed by atoms with E-state index in [2.05, 4.69) is 14.9 Å². The molecule has 8 nitrogen and oxygen atoms in total. The van der Waals surface area contributed by atoms with Crippen molar-refractivity contribution in [2.75, 3.05) is 36.4 Å². The van der Waals surface area contributed by atoms with E-state index in [9.17, 15) is 18.0 Å². The van der Waals surface area contributed by atoms with E-state index in [1.54, 1.807) is 4.90 Å². The molecule has 31 heavy (non-hydrogen) atoms. The number of hydrogen-bond donors (Lipinski definition) is 2. The normalized spacial score (nSPS) is 15.5. The summed E-state index contributed by atoms with van der Waals surface area (Å²) in [6.45, 7) is 5.21. The van der Waals surface area contributed by atoms with Crippen LogP contribution in [0, 0.1) is 0 Å². The maximum absolute atomic E-state index is 12.8. The van der Waals surface area contributed by atoms with Crippen molar-refractivity contribution in [3.05, 3.63) is 53.6 Å². The summed E-state index contributed by atoms with van der Waals surface area (Å²) in [4.78, 5) is 27.7. The molecule has 2 aromatic carbocycles. The Morgan fingerprint density at radius 3 is 2.10 bits per heavy atom. The molecule has 0 aliphatic carbocycles. The molecule has 0 aromatic heterocycles. The molecule has 1 aliphatic rings. The summed E-state index contributed by atoms with van der Waals surface area (Å²) in [5.74, 6) is -0.515. The lowest BCUT2D eigenvalue weighted by Gasteiger charge is -2.37. The summed E-state index contributed by atoms with van der Waals surface area (Å²) in [6.07, 6.45) is 0. The zero-order valence-corrected chi connectivity index (χ0v) is 18.9. The van der Waals surface area contributed by atoms with Crippen LogP contribution in [0.5, 0.6) is 0 Å². The quantitative estimate of drug-likeness (QED) is 0.683. The van der Waals surface area contributed by atoms with Gasteiger partial charge >= 0.3 is 0 Å². The number of sulfonamides is 1. The Morgan fingerprint density at radius 2 is 1.55 bits per heavy atom. The molecule has 0 spiro atoms. The minimum atomic E-state index is -3.88. The molecule has 1 atom stereocenters. The number of piperazine rings is 1. The first-order valence-corrected chi connectivity index (χ1v) is 11.7. The fourth-order valence-electron chi connectivity index (χ4n) is 3.38. The highest BCUT2D eigenvalue weighted by Crippen LogP contribution is 2.20. The van der Waals surface area contributed by atoms with Crippen molar-refractivity contribution in [3.8, 4) is 0 Å². The van der Waals surface area contributed by atoms with E-state index in [1.807, 2.05) is 24.3 Å². The third kappa shape index (κ3) is 5.96. The van der Waals surface area contributed by atoms with Crippen LogP contribution in [0.1, 0.15) is 13.8 Å². The zero-order valence-electron chi connectivity index (χ0n) is 17.3. The van der Waals surface area contributed by atoms with Gasteiger partial charge in [-0.05, 0) is 55.5 Å². The lowest BCUT2D eigenvalue weighted by molar-refractivity contribution is -0.132. The number of amides is 2. The predicted molar refractivity (Wildman–Crippen MR) is 121 cm³/mol. The van der Waals surface area contributed by atoms with Crippen LogP contribution >= 0.6 is 11.6 Å². The fourth-order valence-corrected chi connectivity index (χ4v) is 4.71. The zero-order chi connectivity index (χ0) is 22.6. The number of rotatable bonds is 6. The first-order valence-electron chi connectivity index (χ1n) is 9.85. The van der Waals surface area contributed by atoms with Crippen molar-refractivity contribution in [1.29, 1.82) is 0 Å². The van der Waals surface area contributed by atoms with Crippen molar-refractivity contribution in [3.63, 3.8) is 0 Å². The molecule has 0 saturated carbocycles. The molecule has 10 heteroatoms.